The van der Waals surface area contributed by atoms with Crippen LogP contribution in [0.1, 0.15) is 65.7 Å². The van der Waals surface area contributed by atoms with Gasteiger partial charge in [-0.25, -0.2) is 0 Å². The molecule has 0 saturated carbocycles. The minimum absolute atomic E-state index is 0.141. The maximum Gasteiger partial charge on any atom is 0.306 e. The van der Waals surface area contributed by atoms with E-state index in [2.05, 4.69) is 34.6 Å². The lowest BCUT2D eigenvalue weighted by atomic mass is 9.94. The molecule has 0 aromatic carbocycles. The molecule has 0 aromatic rings. The van der Waals surface area contributed by atoms with Crippen molar-refractivity contribution < 1.29 is 14.3 Å². The summed E-state index contributed by atoms with van der Waals surface area (Å²) in [6, 6.07) is 0. The molecule has 0 aliphatic carbocycles. The van der Waals surface area contributed by atoms with Crippen molar-refractivity contribution in [1.29, 1.82) is 0 Å². The summed E-state index contributed by atoms with van der Waals surface area (Å²) in [4.78, 5) is 22.9. The molecule has 0 aromatic heterocycles. The van der Waals surface area contributed by atoms with Crippen LogP contribution in [-0.2, 0) is 14.3 Å². The van der Waals surface area contributed by atoms with Crippen molar-refractivity contribution in [3.8, 4) is 0 Å². The van der Waals surface area contributed by atoms with Gasteiger partial charge >= 0.3 is 5.97 Å². The van der Waals surface area contributed by atoms with Crippen molar-refractivity contribution in [2.24, 2.45) is 11.8 Å². The fourth-order valence-corrected chi connectivity index (χ4v) is 2.04. The molecule has 1 unspecified atom stereocenters. The number of Topliss-reactive ketones (excluding diaryl/α,β-unsaturated/α-hetero) is 1. The van der Waals surface area contributed by atoms with Gasteiger partial charge in [-0.05, 0) is 32.1 Å². The molecular weight excluding hydrogens is 252 g/mol. The van der Waals surface area contributed by atoms with Gasteiger partial charge in [-0.15, -0.1) is 0 Å². The first-order valence-electron chi connectivity index (χ1n) is 7.68. The third-order valence-corrected chi connectivity index (χ3v) is 3.30. The Balaban J connectivity index is 3.64. The van der Waals surface area contributed by atoms with E-state index in [0.29, 0.717) is 12.3 Å². The molecule has 0 N–H and O–H groups in total. The molecule has 0 fully saturated rings. The number of hydrogen-bond acceptors (Lipinski definition) is 3. The van der Waals surface area contributed by atoms with Gasteiger partial charge in [0.1, 0.15) is 11.9 Å². The summed E-state index contributed by atoms with van der Waals surface area (Å²) in [5.74, 6) is 1.08. The fraction of sp³-hybridized carbons (Fsp3) is 0.765. The second kappa shape index (κ2) is 10.9. The number of ether oxygens (including phenoxy) is 1. The maximum atomic E-state index is 11.7. The summed E-state index contributed by atoms with van der Waals surface area (Å²) >= 11 is 0. The highest BCUT2D eigenvalue weighted by atomic mass is 16.5. The second-order valence-electron chi connectivity index (χ2n) is 6.12. The summed E-state index contributed by atoms with van der Waals surface area (Å²) in [5, 5.41) is 0. The van der Waals surface area contributed by atoms with E-state index in [4.69, 9.17) is 4.74 Å². The summed E-state index contributed by atoms with van der Waals surface area (Å²) in [6.07, 6.45) is 4.95. The van der Waals surface area contributed by atoms with Crippen LogP contribution in [0.3, 0.4) is 0 Å². The molecule has 0 rings (SSSR count). The zero-order valence-electron chi connectivity index (χ0n) is 13.3. The topological polar surface area (TPSA) is 43.4 Å². The summed E-state index contributed by atoms with van der Waals surface area (Å²) in [5.41, 5.74) is 0. The van der Waals surface area contributed by atoms with Gasteiger partial charge in [0.05, 0.1) is 6.42 Å². The molecule has 3 heteroatoms. The van der Waals surface area contributed by atoms with Crippen LogP contribution in [0.15, 0.2) is 0 Å². The number of carbonyl (C=O) groups excluding carboxylic acids is 2. The van der Waals surface area contributed by atoms with Crippen molar-refractivity contribution in [2.75, 3.05) is 0 Å². The normalized spacial score (nSPS) is 12.8. The molecule has 2 radical (unpaired) electrons. The van der Waals surface area contributed by atoms with Crippen LogP contribution in [0.4, 0.5) is 0 Å². The van der Waals surface area contributed by atoms with Crippen molar-refractivity contribution in [3.63, 3.8) is 0 Å². The largest absolute Gasteiger partial charge is 0.462 e. The van der Waals surface area contributed by atoms with E-state index in [9.17, 15) is 9.59 Å². The highest BCUT2D eigenvalue weighted by Gasteiger charge is 2.11. The summed E-state index contributed by atoms with van der Waals surface area (Å²) in [6.45, 7) is 13.6. The summed E-state index contributed by atoms with van der Waals surface area (Å²) < 4.78 is 4.79. The lowest BCUT2D eigenvalue weighted by molar-refractivity contribution is -0.146. The van der Waals surface area contributed by atoms with E-state index in [1.54, 1.807) is 0 Å². The van der Waals surface area contributed by atoms with Gasteiger partial charge in [0.2, 0.25) is 0 Å². The van der Waals surface area contributed by atoms with Gasteiger partial charge in [0.25, 0.3) is 0 Å². The molecule has 0 heterocycles. The van der Waals surface area contributed by atoms with E-state index in [1.807, 2.05) is 0 Å². The molecule has 0 aliphatic rings. The van der Waals surface area contributed by atoms with Crippen molar-refractivity contribution >= 4 is 11.8 Å². The summed E-state index contributed by atoms with van der Waals surface area (Å²) in [7, 11) is 0. The second-order valence-corrected chi connectivity index (χ2v) is 6.12. The van der Waals surface area contributed by atoms with Gasteiger partial charge < -0.3 is 4.74 Å². The Bertz CT molecular complexity index is 282. The average Bonchev–Trinajstić information content (AvgIpc) is 2.32. The van der Waals surface area contributed by atoms with Crippen LogP contribution in [-0.4, -0.2) is 17.9 Å². The quantitative estimate of drug-likeness (QED) is 0.534. The third kappa shape index (κ3) is 12.2. The lowest BCUT2D eigenvalue weighted by Crippen LogP contribution is -2.13. The van der Waals surface area contributed by atoms with Crippen molar-refractivity contribution in [1.82, 2.24) is 0 Å². The van der Waals surface area contributed by atoms with Crippen molar-refractivity contribution in [3.05, 3.63) is 13.8 Å². The predicted octanol–water partition coefficient (Wildman–Crippen LogP) is 4.16. The van der Waals surface area contributed by atoms with Crippen LogP contribution in [0, 0.1) is 25.7 Å². The van der Waals surface area contributed by atoms with Gasteiger partial charge in [-0.1, -0.05) is 40.0 Å². The van der Waals surface area contributed by atoms with E-state index in [-0.39, 0.29) is 18.6 Å². The molecule has 3 nitrogen and oxygen atoms in total. The molecule has 0 spiro atoms. The fourth-order valence-electron chi connectivity index (χ4n) is 2.04. The maximum absolute atomic E-state index is 11.7. The van der Waals surface area contributed by atoms with Crippen molar-refractivity contribution in [2.45, 2.75) is 71.8 Å². The standard InChI is InChI=1S/C17H30O3/c1-13(2)7-6-8-15(5)9-10-16(18)11-12-17(19)20-14(3)4/h13-15H,3-4,6-12H2,1-2,5H3. The number of hydrogen-bond donors (Lipinski definition) is 0. The Morgan fingerprint density at radius 3 is 2.15 bits per heavy atom. The Morgan fingerprint density at radius 1 is 0.950 bits per heavy atom. The molecule has 0 saturated heterocycles. The smallest absolute Gasteiger partial charge is 0.306 e. The third-order valence-electron chi connectivity index (χ3n) is 3.30. The van der Waals surface area contributed by atoms with Gasteiger partial charge in [0, 0.05) is 12.8 Å². The Labute approximate surface area is 124 Å². The van der Waals surface area contributed by atoms with Crippen LogP contribution in [0.2, 0.25) is 0 Å². The first kappa shape index (κ1) is 19.1. The minimum atomic E-state index is -0.599. The Morgan fingerprint density at radius 2 is 1.60 bits per heavy atom. The van der Waals surface area contributed by atoms with E-state index < -0.39 is 12.1 Å². The zero-order chi connectivity index (χ0) is 15.5. The van der Waals surface area contributed by atoms with E-state index in [0.717, 1.165) is 12.3 Å². The molecule has 20 heavy (non-hydrogen) atoms. The molecule has 1 atom stereocenters. The lowest BCUT2D eigenvalue weighted by Gasteiger charge is -2.12. The van der Waals surface area contributed by atoms with E-state index >= 15 is 0 Å². The first-order chi connectivity index (χ1) is 9.31. The van der Waals surface area contributed by atoms with Crippen LogP contribution in [0.25, 0.3) is 0 Å². The molecule has 0 bridgehead atoms. The first-order valence-corrected chi connectivity index (χ1v) is 7.68. The average molecular weight is 282 g/mol. The van der Waals surface area contributed by atoms with Crippen LogP contribution in [0.5, 0.6) is 0 Å². The van der Waals surface area contributed by atoms with Crippen LogP contribution >= 0.6 is 0 Å². The SMILES string of the molecule is [CH2]C([CH2])OC(=O)CCC(=O)CCC(C)CCCC(C)C. The number of carbonyl (C=O) groups is 2. The molecule has 0 amide bonds. The zero-order valence-corrected chi connectivity index (χ0v) is 13.3. The predicted molar refractivity (Wildman–Crippen MR) is 81.9 cm³/mol. The van der Waals surface area contributed by atoms with Gasteiger partial charge in [-0.3, -0.25) is 9.59 Å². The van der Waals surface area contributed by atoms with Gasteiger partial charge in [0.15, 0.2) is 0 Å². The Hall–Kier alpha value is -0.860. The Kier molecular flexibility index (Phi) is 10.4. The monoisotopic (exact) mass is 282 g/mol. The van der Waals surface area contributed by atoms with Gasteiger partial charge in [-0.2, -0.15) is 0 Å². The van der Waals surface area contributed by atoms with Crippen LogP contribution < -0.4 is 0 Å². The number of esters is 1. The molecular formula is C17H30O3. The molecule has 0 aliphatic heterocycles. The highest BCUT2D eigenvalue weighted by molar-refractivity contribution is 5.82. The minimum Gasteiger partial charge on any atom is -0.462 e. The van der Waals surface area contributed by atoms with E-state index in [1.165, 1.54) is 19.3 Å². The molecule has 116 valence electrons. The number of ketones is 1. The number of rotatable bonds is 11. The highest BCUT2D eigenvalue weighted by Crippen LogP contribution is 2.17.